The highest BCUT2D eigenvalue weighted by Crippen LogP contribution is 2.26. The lowest BCUT2D eigenvalue weighted by Gasteiger charge is -2.23. The lowest BCUT2D eigenvalue weighted by atomic mass is 10.1. The number of amides is 1. The van der Waals surface area contributed by atoms with E-state index in [9.17, 15) is 13.2 Å². The highest BCUT2D eigenvalue weighted by molar-refractivity contribution is 7.92. The largest absolute Gasteiger partial charge is 0.352 e. The van der Waals surface area contributed by atoms with Crippen LogP contribution in [0.2, 0.25) is 10.0 Å². The number of benzene rings is 2. The Morgan fingerprint density at radius 1 is 1.11 bits per heavy atom. The summed E-state index contributed by atoms with van der Waals surface area (Å²) < 4.78 is 25.3. The minimum atomic E-state index is -3.68. The van der Waals surface area contributed by atoms with Crippen LogP contribution in [0.1, 0.15) is 18.9 Å². The number of nitrogens with one attached hydrogen (secondary N) is 1. The first-order chi connectivity index (χ1) is 12.6. The fourth-order valence-electron chi connectivity index (χ4n) is 2.63. The molecule has 1 amide bonds. The molecule has 0 aromatic heterocycles. The van der Waals surface area contributed by atoms with Gasteiger partial charge in [-0.1, -0.05) is 53.5 Å². The molecular formula is C19H22Cl2N2O3S. The van der Waals surface area contributed by atoms with E-state index in [1.54, 1.807) is 0 Å². The number of carbonyl (C=O) groups is 1. The first-order valence-electron chi connectivity index (χ1n) is 8.42. The predicted octanol–water partition coefficient (Wildman–Crippen LogP) is 3.90. The van der Waals surface area contributed by atoms with Gasteiger partial charge in [0.15, 0.2) is 0 Å². The quantitative estimate of drug-likeness (QED) is 0.692. The number of rotatable bonds is 8. The predicted molar refractivity (Wildman–Crippen MR) is 111 cm³/mol. The van der Waals surface area contributed by atoms with Crippen LogP contribution in [-0.4, -0.2) is 33.2 Å². The van der Waals surface area contributed by atoms with Crippen molar-refractivity contribution in [3.05, 3.63) is 64.1 Å². The van der Waals surface area contributed by atoms with Crippen molar-refractivity contribution in [1.29, 1.82) is 0 Å². The van der Waals surface area contributed by atoms with Gasteiger partial charge in [-0.05, 0) is 43.5 Å². The van der Waals surface area contributed by atoms with Gasteiger partial charge in [0.2, 0.25) is 15.9 Å². The number of nitrogens with zero attached hydrogens (tertiary/aromatic N) is 1. The summed E-state index contributed by atoms with van der Waals surface area (Å²) in [5.74, 6) is -0.392. The van der Waals surface area contributed by atoms with Gasteiger partial charge in [0.25, 0.3) is 0 Å². The van der Waals surface area contributed by atoms with Crippen molar-refractivity contribution in [2.75, 3.05) is 17.1 Å². The number of hydrogen-bond acceptors (Lipinski definition) is 3. The molecule has 0 aliphatic heterocycles. The van der Waals surface area contributed by atoms with Gasteiger partial charge in [-0.15, -0.1) is 0 Å². The second-order valence-corrected chi connectivity index (χ2v) is 9.17. The minimum Gasteiger partial charge on any atom is -0.352 e. The minimum absolute atomic E-state index is 0.0953. The summed E-state index contributed by atoms with van der Waals surface area (Å²) in [4.78, 5) is 12.4. The van der Waals surface area contributed by atoms with Gasteiger partial charge in [0.05, 0.1) is 11.9 Å². The molecule has 2 aromatic rings. The van der Waals surface area contributed by atoms with Crippen LogP contribution in [0.3, 0.4) is 0 Å². The van der Waals surface area contributed by atoms with E-state index in [4.69, 9.17) is 23.2 Å². The standard InChI is InChI=1S/C19H22Cl2N2O3S/c1-14(8-9-15-6-4-3-5-7-15)22-19(24)13-23(27(2,25)26)18-11-16(20)10-17(21)12-18/h3-7,10-12,14H,8-9,13H2,1-2H3,(H,22,24)/t14-/m0/s1. The molecule has 0 spiro atoms. The number of halogens is 2. The van der Waals surface area contributed by atoms with Crippen molar-refractivity contribution in [3.8, 4) is 0 Å². The number of hydrogen-bond donors (Lipinski definition) is 1. The Morgan fingerprint density at radius 3 is 2.26 bits per heavy atom. The van der Waals surface area contributed by atoms with E-state index >= 15 is 0 Å². The summed E-state index contributed by atoms with van der Waals surface area (Å²) in [5.41, 5.74) is 1.44. The van der Waals surface area contributed by atoms with Gasteiger partial charge < -0.3 is 5.32 Å². The van der Waals surface area contributed by atoms with Crippen LogP contribution >= 0.6 is 23.2 Å². The molecule has 8 heteroatoms. The van der Waals surface area contributed by atoms with Crippen molar-refractivity contribution in [3.63, 3.8) is 0 Å². The Balaban J connectivity index is 2.01. The van der Waals surface area contributed by atoms with Crippen LogP contribution in [0.5, 0.6) is 0 Å². The summed E-state index contributed by atoms with van der Waals surface area (Å²) in [7, 11) is -3.68. The maximum atomic E-state index is 12.4. The normalized spacial score (nSPS) is 12.4. The van der Waals surface area contributed by atoms with E-state index in [2.05, 4.69) is 5.32 Å². The number of carbonyl (C=O) groups excluding carboxylic acids is 1. The monoisotopic (exact) mass is 428 g/mol. The van der Waals surface area contributed by atoms with Crippen LogP contribution in [0.25, 0.3) is 0 Å². The fourth-order valence-corrected chi connectivity index (χ4v) is 3.99. The molecule has 2 rings (SSSR count). The Morgan fingerprint density at radius 2 is 1.70 bits per heavy atom. The zero-order chi connectivity index (χ0) is 20.0. The van der Waals surface area contributed by atoms with Gasteiger partial charge in [-0.2, -0.15) is 0 Å². The molecule has 0 saturated carbocycles. The van der Waals surface area contributed by atoms with Crippen LogP contribution in [0.15, 0.2) is 48.5 Å². The van der Waals surface area contributed by atoms with Crippen molar-refractivity contribution in [2.24, 2.45) is 0 Å². The Kier molecular flexibility index (Phi) is 7.53. The molecule has 0 bridgehead atoms. The number of aryl methyl sites for hydroxylation is 1. The van der Waals surface area contributed by atoms with E-state index in [0.29, 0.717) is 10.0 Å². The molecule has 0 aliphatic carbocycles. The molecule has 0 radical (unpaired) electrons. The molecule has 0 saturated heterocycles. The smallest absolute Gasteiger partial charge is 0.240 e. The molecule has 1 atom stereocenters. The SMILES string of the molecule is C[C@@H](CCc1ccccc1)NC(=O)CN(c1cc(Cl)cc(Cl)c1)S(C)(=O)=O. The maximum absolute atomic E-state index is 12.4. The first-order valence-corrected chi connectivity index (χ1v) is 11.0. The highest BCUT2D eigenvalue weighted by Gasteiger charge is 2.22. The third-order valence-electron chi connectivity index (χ3n) is 3.94. The number of anilines is 1. The summed E-state index contributed by atoms with van der Waals surface area (Å²) >= 11 is 11.9. The van der Waals surface area contributed by atoms with Crippen LogP contribution < -0.4 is 9.62 Å². The second kappa shape index (κ2) is 9.44. The third-order valence-corrected chi connectivity index (χ3v) is 5.52. The average Bonchev–Trinajstić information content (AvgIpc) is 2.57. The zero-order valence-electron chi connectivity index (χ0n) is 15.2. The van der Waals surface area contributed by atoms with Crippen molar-refractivity contribution < 1.29 is 13.2 Å². The van der Waals surface area contributed by atoms with Crippen LogP contribution in [0, 0.1) is 0 Å². The molecule has 0 unspecified atom stereocenters. The summed E-state index contributed by atoms with van der Waals surface area (Å²) in [5, 5.41) is 3.43. The van der Waals surface area contributed by atoms with E-state index < -0.39 is 15.9 Å². The van der Waals surface area contributed by atoms with E-state index in [1.165, 1.54) is 23.8 Å². The average molecular weight is 429 g/mol. The van der Waals surface area contributed by atoms with Crippen LogP contribution in [0.4, 0.5) is 5.69 Å². The van der Waals surface area contributed by atoms with Crippen molar-refractivity contribution >= 4 is 44.8 Å². The van der Waals surface area contributed by atoms with Crippen molar-refractivity contribution in [2.45, 2.75) is 25.8 Å². The van der Waals surface area contributed by atoms with Gasteiger partial charge in [-0.25, -0.2) is 8.42 Å². The lowest BCUT2D eigenvalue weighted by molar-refractivity contribution is -0.120. The first kappa shape index (κ1) is 21.5. The van der Waals surface area contributed by atoms with Gasteiger partial charge in [-0.3, -0.25) is 9.10 Å². The Hall–Kier alpha value is -1.76. The third kappa shape index (κ3) is 7.05. The van der Waals surface area contributed by atoms with E-state index in [1.807, 2.05) is 37.3 Å². The summed E-state index contributed by atoms with van der Waals surface area (Å²) in [6.45, 7) is 1.55. The topological polar surface area (TPSA) is 66.5 Å². The van der Waals surface area contributed by atoms with Gasteiger partial charge >= 0.3 is 0 Å². The van der Waals surface area contributed by atoms with E-state index in [0.717, 1.165) is 23.4 Å². The molecule has 146 valence electrons. The van der Waals surface area contributed by atoms with Crippen molar-refractivity contribution in [1.82, 2.24) is 5.32 Å². The molecule has 0 aliphatic rings. The van der Waals surface area contributed by atoms with E-state index in [-0.39, 0.29) is 18.3 Å². The Labute approximate surface area is 170 Å². The fraction of sp³-hybridized carbons (Fsp3) is 0.316. The highest BCUT2D eigenvalue weighted by atomic mass is 35.5. The molecule has 5 nitrogen and oxygen atoms in total. The van der Waals surface area contributed by atoms with Gasteiger partial charge in [0, 0.05) is 16.1 Å². The molecular weight excluding hydrogens is 407 g/mol. The molecule has 0 fully saturated rings. The molecule has 27 heavy (non-hydrogen) atoms. The molecule has 0 heterocycles. The van der Waals surface area contributed by atoms with Gasteiger partial charge in [0.1, 0.15) is 6.54 Å². The molecule has 1 N–H and O–H groups in total. The second-order valence-electron chi connectivity index (χ2n) is 6.39. The lowest BCUT2D eigenvalue weighted by Crippen LogP contribution is -2.43. The van der Waals surface area contributed by atoms with Crippen LogP contribution in [-0.2, 0) is 21.2 Å². The Bertz CT molecular complexity index is 869. The molecule has 2 aromatic carbocycles. The zero-order valence-corrected chi connectivity index (χ0v) is 17.5. The number of sulfonamides is 1. The maximum Gasteiger partial charge on any atom is 0.240 e. The summed E-state index contributed by atoms with van der Waals surface area (Å²) in [6.07, 6.45) is 2.60. The summed E-state index contributed by atoms with van der Waals surface area (Å²) in [6, 6.07) is 14.3.